The van der Waals surface area contributed by atoms with E-state index < -0.39 is 5.82 Å². The molecule has 0 radical (unpaired) electrons. The second kappa shape index (κ2) is 7.46. The highest BCUT2D eigenvalue weighted by Crippen LogP contribution is 2.22. The summed E-state index contributed by atoms with van der Waals surface area (Å²) in [4.78, 5) is 13.3. The fraction of sp³-hybridized carbons (Fsp3) is 0.125. The first-order valence-corrected chi connectivity index (χ1v) is 9.05. The molecule has 1 N–H and O–H groups in total. The third-order valence-electron chi connectivity index (χ3n) is 3.31. The van der Waals surface area contributed by atoms with Crippen molar-refractivity contribution in [2.24, 2.45) is 0 Å². The number of benzene rings is 1. The molecule has 2 heterocycles. The number of nitrogens with zero attached hydrogens (tertiary/aromatic N) is 2. The highest BCUT2D eigenvalue weighted by Gasteiger charge is 2.14. The second-order valence-electron chi connectivity index (χ2n) is 5.03. The highest BCUT2D eigenvalue weighted by atomic mass is 79.9. The molecule has 0 saturated heterocycles. The fourth-order valence-electron chi connectivity index (χ4n) is 2.20. The van der Waals surface area contributed by atoms with Gasteiger partial charge in [-0.25, -0.2) is 9.07 Å². The van der Waals surface area contributed by atoms with Gasteiger partial charge in [0.2, 0.25) is 5.91 Å². The minimum Gasteiger partial charge on any atom is -0.311 e. The van der Waals surface area contributed by atoms with E-state index in [1.807, 2.05) is 11.4 Å². The summed E-state index contributed by atoms with van der Waals surface area (Å²) >= 11 is 11.0. The molecule has 8 heteroatoms. The molecule has 0 atom stereocenters. The molecular formula is C16H12BrClFN3OS. The summed E-state index contributed by atoms with van der Waals surface area (Å²) in [6.45, 7) is 0.541. The Balaban J connectivity index is 1.70. The average molecular weight is 429 g/mol. The molecule has 24 heavy (non-hydrogen) atoms. The van der Waals surface area contributed by atoms with Gasteiger partial charge in [0.1, 0.15) is 11.6 Å². The van der Waals surface area contributed by atoms with Crippen LogP contribution < -0.4 is 5.32 Å². The molecule has 1 aromatic carbocycles. The van der Waals surface area contributed by atoms with Gasteiger partial charge < -0.3 is 5.32 Å². The molecule has 0 aliphatic rings. The van der Waals surface area contributed by atoms with Gasteiger partial charge in [0, 0.05) is 31.4 Å². The molecule has 2 aromatic heterocycles. The first kappa shape index (κ1) is 17.1. The number of thiophene rings is 1. The zero-order chi connectivity index (χ0) is 17.1. The Kier molecular flexibility index (Phi) is 5.33. The minimum absolute atomic E-state index is 0.138. The Labute approximate surface area is 155 Å². The summed E-state index contributed by atoms with van der Waals surface area (Å²) in [7, 11) is 0. The summed E-state index contributed by atoms with van der Waals surface area (Å²) in [6.07, 6.45) is 1.47. The third-order valence-corrected chi connectivity index (χ3v) is 5.35. The molecule has 0 unspecified atom stereocenters. The van der Waals surface area contributed by atoms with Crippen LogP contribution in [0.2, 0.25) is 5.02 Å². The van der Waals surface area contributed by atoms with E-state index in [1.54, 1.807) is 34.3 Å². The van der Waals surface area contributed by atoms with Crippen molar-refractivity contribution in [3.8, 4) is 0 Å². The molecule has 0 saturated carbocycles. The van der Waals surface area contributed by atoms with Crippen LogP contribution in [0.4, 0.5) is 10.2 Å². The molecule has 1 amide bonds. The molecule has 0 spiro atoms. The topological polar surface area (TPSA) is 46.9 Å². The molecule has 0 aliphatic heterocycles. The smallest absolute Gasteiger partial charge is 0.230 e. The summed E-state index contributed by atoms with van der Waals surface area (Å²) in [5, 5.41) is 9.18. The third kappa shape index (κ3) is 4.03. The first-order chi connectivity index (χ1) is 11.5. The number of aromatic nitrogens is 2. The van der Waals surface area contributed by atoms with E-state index in [4.69, 9.17) is 11.6 Å². The number of rotatable bonds is 5. The van der Waals surface area contributed by atoms with E-state index >= 15 is 0 Å². The van der Waals surface area contributed by atoms with E-state index in [0.717, 1.165) is 9.35 Å². The van der Waals surface area contributed by atoms with Crippen LogP contribution in [0, 0.1) is 5.82 Å². The van der Waals surface area contributed by atoms with Crippen LogP contribution in [0.15, 0.2) is 46.4 Å². The van der Waals surface area contributed by atoms with Crippen LogP contribution in [0.5, 0.6) is 0 Å². The van der Waals surface area contributed by atoms with Crippen molar-refractivity contribution in [1.29, 1.82) is 0 Å². The van der Waals surface area contributed by atoms with Gasteiger partial charge in [-0.15, -0.1) is 11.3 Å². The van der Waals surface area contributed by atoms with Crippen molar-refractivity contribution >= 4 is 50.6 Å². The maximum Gasteiger partial charge on any atom is 0.230 e. The van der Waals surface area contributed by atoms with Crippen molar-refractivity contribution in [3.63, 3.8) is 0 Å². The van der Waals surface area contributed by atoms with Crippen LogP contribution in [0.3, 0.4) is 0 Å². The van der Waals surface area contributed by atoms with Crippen molar-refractivity contribution in [3.05, 3.63) is 67.7 Å². The number of hydrogen-bond donors (Lipinski definition) is 1. The largest absolute Gasteiger partial charge is 0.311 e. The molecule has 4 nitrogen and oxygen atoms in total. The number of carbonyl (C=O) groups excluding carboxylic acids is 1. The van der Waals surface area contributed by atoms with Crippen LogP contribution in [0.25, 0.3) is 0 Å². The molecule has 124 valence electrons. The number of amides is 1. The van der Waals surface area contributed by atoms with Crippen LogP contribution in [0.1, 0.15) is 10.4 Å². The van der Waals surface area contributed by atoms with E-state index in [2.05, 4.69) is 26.3 Å². The number of anilines is 1. The quantitative estimate of drug-likeness (QED) is 0.639. The monoisotopic (exact) mass is 427 g/mol. The van der Waals surface area contributed by atoms with Crippen molar-refractivity contribution in [2.45, 2.75) is 13.0 Å². The summed E-state index contributed by atoms with van der Waals surface area (Å²) in [5.74, 6) is -0.289. The Morgan fingerprint density at radius 2 is 2.25 bits per heavy atom. The number of nitrogens with one attached hydrogen (secondary N) is 1. The molecule has 3 rings (SSSR count). The summed E-state index contributed by atoms with van der Waals surface area (Å²) < 4.78 is 16.5. The molecular weight excluding hydrogens is 417 g/mol. The van der Waals surface area contributed by atoms with Gasteiger partial charge in [-0.3, -0.25) is 4.79 Å². The van der Waals surface area contributed by atoms with Crippen LogP contribution in [-0.2, 0) is 17.8 Å². The van der Waals surface area contributed by atoms with E-state index in [0.29, 0.717) is 12.4 Å². The standard InChI is InChI=1S/C16H12BrClFN3OS/c17-10-6-11(24-9-10)8-22-15(4-5-20-22)21-16(23)7-12-13(18)2-1-3-14(12)19/h1-6,9H,7-8H2,(H,21,23). The Bertz CT molecular complexity index is 860. The Morgan fingerprint density at radius 1 is 1.42 bits per heavy atom. The SMILES string of the molecule is O=C(Cc1c(F)cccc1Cl)Nc1ccnn1Cc1cc(Br)cs1. The van der Waals surface area contributed by atoms with E-state index in [-0.39, 0.29) is 22.9 Å². The van der Waals surface area contributed by atoms with Gasteiger partial charge in [0.25, 0.3) is 0 Å². The number of halogens is 3. The maximum atomic E-state index is 13.8. The van der Waals surface area contributed by atoms with E-state index in [9.17, 15) is 9.18 Å². The summed E-state index contributed by atoms with van der Waals surface area (Å²) in [5.41, 5.74) is 0.185. The lowest BCUT2D eigenvalue weighted by atomic mass is 10.1. The molecule has 3 aromatic rings. The lowest BCUT2D eigenvalue weighted by molar-refractivity contribution is -0.115. The van der Waals surface area contributed by atoms with E-state index in [1.165, 1.54) is 12.1 Å². The van der Waals surface area contributed by atoms with Crippen molar-refractivity contribution in [2.75, 3.05) is 5.32 Å². The predicted molar refractivity (Wildman–Crippen MR) is 97.1 cm³/mol. The average Bonchev–Trinajstić information content (AvgIpc) is 3.13. The number of carbonyl (C=O) groups is 1. The van der Waals surface area contributed by atoms with Crippen LogP contribution >= 0.6 is 38.9 Å². The number of hydrogen-bond acceptors (Lipinski definition) is 3. The highest BCUT2D eigenvalue weighted by molar-refractivity contribution is 9.10. The lowest BCUT2D eigenvalue weighted by Crippen LogP contribution is -2.18. The van der Waals surface area contributed by atoms with Gasteiger partial charge in [0.15, 0.2) is 0 Å². The van der Waals surface area contributed by atoms with Gasteiger partial charge in [0.05, 0.1) is 19.2 Å². The maximum absolute atomic E-state index is 13.8. The van der Waals surface area contributed by atoms with Crippen molar-refractivity contribution < 1.29 is 9.18 Å². The van der Waals surface area contributed by atoms with Crippen LogP contribution in [-0.4, -0.2) is 15.7 Å². The second-order valence-corrected chi connectivity index (χ2v) is 7.35. The van der Waals surface area contributed by atoms with Gasteiger partial charge >= 0.3 is 0 Å². The van der Waals surface area contributed by atoms with Gasteiger partial charge in [-0.1, -0.05) is 17.7 Å². The Hall–Kier alpha value is -1.70. The minimum atomic E-state index is -0.491. The van der Waals surface area contributed by atoms with Gasteiger partial charge in [-0.2, -0.15) is 5.10 Å². The lowest BCUT2D eigenvalue weighted by Gasteiger charge is -2.09. The predicted octanol–water partition coefficient (Wildman–Crippen LogP) is 4.73. The zero-order valence-electron chi connectivity index (χ0n) is 12.3. The van der Waals surface area contributed by atoms with Crippen molar-refractivity contribution in [1.82, 2.24) is 9.78 Å². The van der Waals surface area contributed by atoms with Gasteiger partial charge in [-0.05, 0) is 34.1 Å². The first-order valence-electron chi connectivity index (χ1n) is 7.00. The zero-order valence-corrected chi connectivity index (χ0v) is 15.5. The molecule has 0 aliphatic carbocycles. The summed E-state index contributed by atoms with van der Waals surface area (Å²) in [6, 6.07) is 8.05. The normalized spacial score (nSPS) is 10.8. The molecule has 0 fully saturated rings. The fourth-order valence-corrected chi connectivity index (χ4v) is 3.86. The molecule has 0 bridgehead atoms. The Morgan fingerprint density at radius 3 is 2.96 bits per heavy atom.